The Labute approximate surface area is 150 Å². The first kappa shape index (κ1) is 17.8. The zero-order valence-electron chi connectivity index (χ0n) is 14.1. The lowest BCUT2D eigenvalue weighted by atomic mass is 9.87. The van der Waals surface area contributed by atoms with Crippen molar-refractivity contribution >= 4 is 28.6 Å². The van der Waals surface area contributed by atoms with Gasteiger partial charge in [0, 0.05) is 5.56 Å². The van der Waals surface area contributed by atoms with Gasteiger partial charge in [-0.05, 0) is 47.4 Å². The molecule has 23 heavy (non-hydrogen) atoms. The van der Waals surface area contributed by atoms with Crippen LogP contribution in [-0.2, 0) is 10.2 Å². The van der Waals surface area contributed by atoms with Crippen molar-refractivity contribution in [3.63, 3.8) is 0 Å². The highest BCUT2D eigenvalue weighted by Gasteiger charge is 2.19. The standard InChI is InChI=1S/C18H21IN2O2/c1-6-23-17(22)14-11(2)20-16(21-15(14)19)12-7-9-13(10-8-12)18(3,4)5/h7-10H,6H2,1-5H3. The van der Waals surface area contributed by atoms with Crippen LogP contribution in [0, 0.1) is 10.6 Å². The van der Waals surface area contributed by atoms with E-state index in [4.69, 9.17) is 4.74 Å². The molecule has 1 aromatic carbocycles. The molecule has 0 spiro atoms. The van der Waals surface area contributed by atoms with Gasteiger partial charge < -0.3 is 4.74 Å². The SMILES string of the molecule is CCOC(=O)c1c(C)nc(-c2ccc(C(C)(C)C)cc2)nc1I. The number of halogens is 1. The van der Waals surface area contributed by atoms with Crippen LogP contribution in [0.15, 0.2) is 24.3 Å². The Kier molecular flexibility index (Phi) is 5.39. The van der Waals surface area contributed by atoms with Gasteiger partial charge in [-0.15, -0.1) is 0 Å². The van der Waals surface area contributed by atoms with E-state index < -0.39 is 0 Å². The van der Waals surface area contributed by atoms with Gasteiger partial charge in [0.2, 0.25) is 0 Å². The number of hydrogen-bond acceptors (Lipinski definition) is 4. The van der Waals surface area contributed by atoms with E-state index in [9.17, 15) is 4.79 Å². The Bertz CT molecular complexity index is 696. The molecule has 0 fully saturated rings. The van der Waals surface area contributed by atoms with E-state index in [1.54, 1.807) is 6.92 Å². The molecule has 4 nitrogen and oxygen atoms in total. The number of aryl methyl sites for hydroxylation is 1. The lowest BCUT2D eigenvalue weighted by molar-refractivity contribution is 0.0523. The quantitative estimate of drug-likeness (QED) is 0.413. The van der Waals surface area contributed by atoms with Gasteiger partial charge in [0.15, 0.2) is 5.82 Å². The maximum absolute atomic E-state index is 12.0. The van der Waals surface area contributed by atoms with Crippen molar-refractivity contribution in [3.8, 4) is 11.4 Å². The van der Waals surface area contributed by atoms with E-state index in [1.165, 1.54) is 5.56 Å². The van der Waals surface area contributed by atoms with E-state index in [-0.39, 0.29) is 11.4 Å². The molecule has 0 saturated heterocycles. The highest BCUT2D eigenvalue weighted by molar-refractivity contribution is 14.1. The van der Waals surface area contributed by atoms with E-state index in [1.807, 2.05) is 19.1 Å². The number of rotatable bonds is 3. The van der Waals surface area contributed by atoms with Crippen LogP contribution >= 0.6 is 22.6 Å². The van der Waals surface area contributed by atoms with E-state index in [2.05, 4.69) is 65.5 Å². The van der Waals surface area contributed by atoms with Crippen LogP contribution in [-0.4, -0.2) is 22.5 Å². The Morgan fingerprint density at radius 1 is 1.17 bits per heavy atom. The second-order valence-corrected chi connectivity index (χ2v) is 7.37. The summed E-state index contributed by atoms with van der Waals surface area (Å²) in [5.41, 5.74) is 3.39. The topological polar surface area (TPSA) is 52.1 Å². The van der Waals surface area contributed by atoms with Gasteiger partial charge in [-0.3, -0.25) is 0 Å². The van der Waals surface area contributed by atoms with E-state index >= 15 is 0 Å². The number of aromatic nitrogens is 2. The normalized spacial score (nSPS) is 11.4. The Morgan fingerprint density at radius 2 is 1.78 bits per heavy atom. The summed E-state index contributed by atoms with van der Waals surface area (Å²) < 4.78 is 5.68. The third-order valence-electron chi connectivity index (χ3n) is 3.53. The van der Waals surface area contributed by atoms with Crippen molar-refractivity contribution in [1.29, 1.82) is 0 Å². The monoisotopic (exact) mass is 424 g/mol. The molecule has 2 aromatic rings. The van der Waals surface area contributed by atoms with Gasteiger partial charge in [-0.25, -0.2) is 14.8 Å². The number of nitrogens with zero attached hydrogens (tertiary/aromatic N) is 2. The van der Waals surface area contributed by atoms with Crippen LogP contribution in [0.25, 0.3) is 11.4 Å². The fourth-order valence-corrected chi connectivity index (χ4v) is 3.06. The predicted molar refractivity (Wildman–Crippen MR) is 99.6 cm³/mol. The number of carbonyl (C=O) groups excluding carboxylic acids is 1. The highest BCUT2D eigenvalue weighted by Crippen LogP contribution is 2.26. The molecule has 1 aromatic heterocycles. The van der Waals surface area contributed by atoms with Crippen molar-refractivity contribution in [2.45, 2.75) is 40.0 Å². The van der Waals surface area contributed by atoms with Gasteiger partial charge >= 0.3 is 5.97 Å². The summed E-state index contributed by atoms with van der Waals surface area (Å²) in [7, 11) is 0. The van der Waals surface area contributed by atoms with Crippen LogP contribution in [0.1, 0.15) is 49.3 Å². The Hall–Kier alpha value is -1.50. The maximum Gasteiger partial charge on any atom is 0.342 e. The largest absolute Gasteiger partial charge is 0.462 e. The summed E-state index contributed by atoms with van der Waals surface area (Å²) in [6.07, 6.45) is 0. The number of ether oxygens (including phenoxy) is 1. The molecule has 0 aliphatic carbocycles. The van der Waals surface area contributed by atoms with Gasteiger partial charge in [-0.2, -0.15) is 0 Å². The maximum atomic E-state index is 12.0. The minimum atomic E-state index is -0.371. The summed E-state index contributed by atoms with van der Waals surface area (Å²) in [5, 5.41) is 0. The number of benzene rings is 1. The van der Waals surface area contributed by atoms with Crippen molar-refractivity contribution in [2.75, 3.05) is 6.61 Å². The molecule has 0 N–H and O–H groups in total. The van der Waals surface area contributed by atoms with Gasteiger partial charge in [-0.1, -0.05) is 45.0 Å². The zero-order valence-corrected chi connectivity index (χ0v) is 16.3. The summed E-state index contributed by atoms with van der Waals surface area (Å²) in [5.74, 6) is 0.254. The summed E-state index contributed by atoms with van der Waals surface area (Å²) >= 11 is 2.06. The minimum absolute atomic E-state index is 0.109. The van der Waals surface area contributed by atoms with Crippen LogP contribution in [0.4, 0.5) is 0 Å². The first-order valence-electron chi connectivity index (χ1n) is 7.56. The van der Waals surface area contributed by atoms with Gasteiger partial charge in [0.1, 0.15) is 9.26 Å². The fourth-order valence-electron chi connectivity index (χ4n) is 2.22. The summed E-state index contributed by atoms with van der Waals surface area (Å²) in [6.45, 7) is 10.5. The third kappa shape index (κ3) is 4.07. The van der Waals surface area contributed by atoms with Gasteiger partial charge in [0.05, 0.1) is 12.3 Å². The number of esters is 1. The second-order valence-electron chi connectivity index (χ2n) is 6.35. The molecule has 0 aliphatic rings. The molecule has 0 unspecified atom stereocenters. The molecular formula is C18H21IN2O2. The summed E-state index contributed by atoms with van der Waals surface area (Å²) in [4.78, 5) is 20.9. The lowest BCUT2D eigenvalue weighted by Crippen LogP contribution is -2.13. The average molecular weight is 424 g/mol. The minimum Gasteiger partial charge on any atom is -0.462 e. The van der Waals surface area contributed by atoms with Crippen LogP contribution in [0.5, 0.6) is 0 Å². The first-order valence-corrected chi connectivity index (χ1v) is 8.64. The molecule has 2 rings (SSSR count). The van der Waals surface area contributed by atoms with E-state index in [0.29, 0.717) is 27.4 Å². The van der Waals surface area contributed by atoms with Gasteiger partial charge in [0.25, 0.3) is 0 Å². The number of hydrogen-bond donors (Lipinski definition) is 0. The molecule has 5 heteroatoms. The second kappa shape index (κ2) is 6.95. The Balaban J connectivity index is 2.40. The van der Waals surface area contributed by atoms with Crippen LogP contribution in [0.3, 0.4) is 0 Å². The van der Waals surface area contributed by atoms with Crippen LogP contribution in [0.2, 0.25) is 0 Å². The zero-order chi connectivity index (χ0) is 17.2. The highest BCUT2D eigenvalue weighted by atomic mass is 127. The Morgan fingerprint density at radius 3 is 2.26 bits per heavy atom. The number of carbonyl (C=O) groups is 1. The predicted octanol–water partition coefficient (Wildman–Crippen LogP) is 4.53. The van der Waals surface area contributed by atoms with Crippen molar-refractivity contribution in [1.82, 2.24) is 9.97 Å². The molecule has 0 aliphatic heterocycles. The lowest BCUT2D eigenvalue weighted by Gasteiger charge is -2.19. The molecule has 0 atom stereocenters. The molecule has 0 radical (unpaired) electrons. The first-order chi connectivity index (χ1) is 10.7. The molecular weight excluding hydrogens is 403 g/mol. The molecule has 0 bridgehead atoms. The van der Waals surface area contributed by atoms with Crippen molar-refractivity contribution in [2.24, 2.45) is 0 Å². The van der Waals surface area contributed by atoms with Crippen LogP contribution < -0.4 is 0 Å². The summed E-state index contributed by atoms with van der Waals surface area (Å²) in [6, 6.07) is 8.24. The third-order valence-corrected chi connectivity index (χ3v) is 4.32. The van der Waals surface area contributed by atoms with Crippen molar-refractivity contribution in [3.05, 3.63) is 44.8 Å². The molecule has 122 valence electrons. The smallest absolute Gasteiger partial charge is 0.342 e. The molecule has 1 heterocycles. The average Bonchev–Trinajstić information content (AvgIpc) is 2.46. The van der Waals surface area contributed by atoms with Crippen molar-refractivity contribution < 1.29 is 9.53 Å². The molecule has 0 amide bonds. The molecule has 0 saturated carbocycles. The fraction of sp³-hybridized carbons (Fsp3) is 0.389. The van der Waals surface area contributed by atoms with E-state index in [0.717, 1.165) is 5.56 Å².